The summed E-state index contributed by atoms with van der Waals surface area (Å²) in [4.78, 5) is 15.9. The zero-order chi connectivity index (χ0) is 14.5. The second kappa shape index (κ2) is 6.36. The molecule has 1 atom stereocenters. The number of benzene rings is 1. The summed E-state index contributed by atoms with van der Waals surface area (Å²) in [5, 5.41) is 16.8. The molecule has 7 heteroatoms. The van der Waals surface area contributed by atoms with Gasteiger partial charge < -0.3 is 15.2 Å². The number of aromatic nitrogens is 1. The highest BCUT2D eigenvalue weighted by Gasteiger charge is 2.09. The standard InChI is InChI=1S/C13H15N3O3S/c1-8(17)11-7-20-13(15-11)16-12(18)14-9-3-5-10(19-2)6-4-9/h3-8,17H,1-2H3,(H2,14,15,16,18). The number of hydrogen-bond acceptors (Lipinski definition) is 5. The van der Waals surface area contributed by atoms with Crippen LogP contribution in [0.2, 0.25) is 0 Å². The SMILES string of the molecule is COc1ccc(NC(=O)Nc2nc(C(C)O)cs2)cc1. The predicted octanol–water partition coefficient (Wildman–Crippen LogP) is 2.85. The summed E-state index contributed by atoms with van der Waals surface area (Å²) in [5.74, 6) is 0.720. The van der Waals surface area contributed by atoms with Gasteiger partial charge in [0.05, 0.1) is 18.9 Å². The Hall–Kier alpha value is -2.12. The maximum absolute atomic E-state index is 11.8. The number of urea groups is 1. The first kappa shape index (κ1) is 14.3. The van der Waals surface area contributed by atoms with Gasteiger partial charge >= 0.3 is 6.03 Å². The van der Waals surface area contributed by atoms with Crippen molar-refractivity contribution in [3.63, 3.8) is 0 Å². The van der Waals surface area contributed by atoms with Crippen molar-refractivity contribution in [1.82, 2.24) is 4.98 Å². The van der Waals surface area contributed by atoms with Crippen LogP contribution in [0.1, 0.15) is 18.7 Å². The lowest BCUT2D eigenvalue weighted by Gasteiger charge is -2.06. The fraction of sp³-hybridized carbons (Fsp3) is 0.231. The van der Waals surface area contributed by atoms with Gasteiger partial charge in [-0.05, 0) is 31.2 Å². The van der Waals surface area contributed by atoms with E-state index in [1.54, 1.807) is 43.7 Å². The largest absolute Gasteiger partial charge is 0.497 e. The molecule has 3 N–H and O–H groups in total. The van der Waals surface area contributed by atoms with Gasteiger partial charge in [-0.3, -0.25) is 5.32 Å². The first-order valence-electron chi connectivity index (χ1n) is 5.94. The van der Waals surface area contributed by atoms with Gasteiger partial charge in [0.15, 0.2) is 5.13 Å². The number of aliphatic hydroxyl groups is 1. The number of nitrogens with one attached hydrogen (secondary N) is 2. The molecule has 2 aromatic rings. The molecule has 1 aromatic heterocycles. The fourth-order valence-corrected chi connectivity index (χ4v) is 2.26. The molecule has 2 amide bonds. The molecule has 0 saturated heterocycles. The minimum absolute atomic E-state index is 0.387. The lowest BCUT2D eigenvalue weighted by molar-refractivity contribution is 0.195. The molecule has 6 nitrogen and oxygen atoms in total. The van der Waals surface area contributed by atoms with Gasteiger partial charge in [-0.25, -0.2) is 9.78 Å². The normalized spacial score (nSPS) is 11.8. The van der Waals surface area contributed by atoms with Crippen LogP contribution in [0.3, 0.4) is 0 Å². The Kier molecular flexibility index (Phi) is 4.54. The maximum atomic E-state index is 11.8. The van der Waals surface area contributed by atoms with Gasteiger partial charge in [-0.15, -0.1) is 11.3 Å². The molecule has 20 heavy (non-hydrogen) atoms. The van der Waals surface area contributed by atoms with Crippen LogP contribution in [0.4, 0.5) is 15.6 Å². The third-order valence-corrected chi connectivity index (χ3v) is 3.29. The lowest BCUT2D eigenvalue weighted by Crippen LogP contribution is -2.19. The molecule has 2 rings (SSSR count). The van der Waals surface area contributed by atoms with Gasteiger partial charge in [-0.1, -0.05) is 0 Å². The molecular formula is C13H15N3O3S. The average molecular weight is 293 g/mol. The smallest absolute Gasteiger partial charge is 0.325 e. The number of thiazole rings is 1. The van der Waals surface area contributed by atoms with Crippen molar-refractivity contribution >= 4 is 28.2 Å². The minimum Gasteiger partial charge on any atom is -0.497 e. The first-order valence-corrected chi connectivity index (χ1v) is 6.82. The summed E-state index contributed by atoms with van der Waals surface area (Å²) < 4.78 is 5.03. The van der Waals surface area contributed by atoms with Crippen LogP contribution in [-0.4, -0.2) is 23.2 Å². The molecule has 0 saturated carbocycles. The van der Waals surface area contributed by atoms with E-state index < -0.39 is 6.10 Å². The van der Waals surface area contributed by atoms with Crippen molar-refractivity contribution in [3.05, 3.63) is 35.3 Å². The van der Waals surface area contributed by atoms with Gasteiger partial charge in [0.2, 0.25) is 0 Å². The first-order chi connectivity index (χ1) is 9.58. The topological polar surface area (TPSA) is 83.5 Å². The van der Waals surface area contributed by atoms with E-state index in [1.807, 2.05) is 0 Å². The summed E-state index contributed by atoms with van der Waals surface area (Å²) in [6, 6.07) is 6.60. The summed E-state index contributed by atoms with van der Waals surface area (Å²) in [6.45, 7) is 1.62. The monoisotopic (exact) mass is 293 g/mol. The second-order valence-electron chi connectivity index (χ2n) is 4.06. The van der Waals surface area contributed by atoms with Crippen molar-refractivity contribution in [2.45, 2.75) is 13.0 Å². The fourth-order valence-electron chi connectivity index (χ4n) is 1.47. The quantitative estimate of drug-likeness (QED) is 0.809. The molecule has 106 valence electrons. The van der Waals surface area contributed by atoms with E-state index in [9.17, 15) is 9.90 Å². The van der Waals surface area contributed by atoms with Crippen molar-refractivity contribution in [3.8, 4) is 5.75 Å². The van der Waals surface area contributed by atoms with Gasteiger partial charge in [-0.2, -0.15) is 0 Å². The highest BCUT2D eigenvalue weighted by molar-refractivity contribution is 7.13. The summed E-state index contributed by atoms with van der Waals surface area (Å²) in [7, 11) is 1.58. The Morgan fingerprint density at radius 3 is 2.60 bits per heavy atom. The van der Waals surface area contributed by atoms with Gasteiger partial charge in [0.25, 0.3) is 0 Å². The number of amides is 2. The van der Waals surface area contributed by atoms with Crippen molar-refractivity contribution < 1.29 is 14.6 Å². The molecule has 1 heterocycles. The van der Waals surface area contributed by atoms with Crippen LogP contribution >= 0.6 is 11.3 Å². The Labute approximate surface area is 120 Å². The highest BCUT2D eigenvalue weighted by Crippen LogP contribution is 2.20. The molecule has 0 aliphatic rings. The Morgan fingerprint density at radius 1 is 1.35 bits per heavy atom. The van der Waals surface area contributed by atoms with Crippen LogP contribution in [0.15, 0.2) is 29.6 Å². The molecular weight excluding hydrogens is 278 g/mol. The van der Waals surface area contributed by atoms with Crippen LogP contribution in [0.5, 0.6) is 5.75 Å². The number of hydrogen-bond donors (Lipinski definition) is 3. The van der Waals surface area contributed by atoms with Gasteiger partial charge in [0.1, 0.15) is 5.75 Å². The number of ether oxygens (including phenoxy) is 1. The Morgan fingerprint density at radius 2 is 2.05 bits per heavy atom. The van der Waals surface area contributed by atoms with E-state index in [4.69, 9.17) is 4.74 Å². The average Bonchev–Trinajstić information content (AvgIpc) is 2.88. The third-order valence-electron chi connectivity index (χ3n) is 2.52. The molecule has 0 bridgehead atoms. The maximum Gasteiger partial charge on any atom is 0.325 e. The number of carbonyl (C=O) groups excluding carboxylic acids is 1. The zero-order valence-corrected chi connectivity index (χ0v) is 11.9. The molecule has 0 aliphatic carbocycles. The van der Waals surface area contributed by atoms with E-state index in [-0.39, 0.29) is 6.03 Å². The van der Waals surface area contributed by atoms with Crippen LogP contribution < -0.4 is 15.4 Å². The Balaban J connectivity index is 1.93. The molecule has 1 unspecified atom stereocenters. The summed E-state index contributed by atoms with van der Waals surface area (Å²) in [5.41, 5.74) is 1.19. The second-order valence-corrected chi connectivity index (χ2v) is 4.92. The predicted molar refractivity (Wildman–Crippen MR) is 78.4 cm³/mol. The molecule has 0 aliphatic heterocycles. The van der Waals surface area contributed by atoms with E-state index in [0.29, 0.717) is 16.5 Å². The zero-order valence-electron chi connectivity index (χ0n) is 11.1. The number of methoxy groups -OCH3 is 1. The number of rotatable bonds is 4. The van der Waals surface area contributed by atoms with Crippen LogP contribution in [0, 0.1) is 0 Å². The molecule has 0 fully saturated rings. The lowest BCUT2D eigenvalue weighted by atomic mass is 10.3. The van der Waals surface area contributed by atoms with Crippen molar-refractivity contribution in [2.75, 3.05) is 17.7 Å². The van der Waals surface area contributed by atoms with Gasteiger partial charge in [0, 0.05) is 11.1 Å². The third kappa shape index (κ3) is 3.69. The minimum atomic E-state index is -0.647. The van der Waals surface area contributed by atoms with Crippen molar-refractivity contribution in [1.29, 1.82) is 0 Å². The molecule has 0 spiro atoms. The number of nitrogens with zero attached hydrogens (tertiary/aromatic N) is 1. The van der Waals surface area contributed by atoms with E-state index in [0.717, 1.165) is 5.75 Å². The van der Waals surface area contributed by atoms with E-state index in [2.05, 4.69) is 15.6 Å². The Bertz CT molecular complexity index is 581. The van der Waals surface area contributed by atoms with Crippen molar-refractivity contribution in [2.24, 2.45) is 0 Å². The van der Waals surface area contributed by atoms with Crippen LogP contribution in [0.25, 0.3) is 0 Å². The molecule has 0 radical (unpaired) electrons. The number of carbonyl (C=O) groups is 1. The molecule has 1 aromatic carbocycles. The summed E-state index contributed by atoms with van der Waals surface area (Å²) in [6.07, 6.45) is -0.647. The van der Waals surface area contributed by atoms with E-state index >= 15 is 0 Å². The summed E-state index contributed by atoms with van der Waals surface area (Å²) >= 11 is 1.26. The highest BCUT2D eigenvalue weighted by atomic mass is 32.1. The van der Waals surface area contributed by atoms with E-state index in [1.165, 1.54) is 11.3 Å². The number of anilines is 2. The number of aliphatic hydroxyl groups excluding tert-OH is 1. The van der Waals surface area contributed by atoms with Crippen LogP contribution in [-0.2, 0) is 0 Å².